The number of methoxy groups -OCH3 is 1. The van der Waals surface area contributed by atoms with Gasteiger partial charge in [0.15, 0.2) is 0 Å². The SMILES string of the molecule is COc1cc(N2CCC3(CCN(C(=O)c4ccc(N5C=CC=CC5)cc4)CC3)C2=O)ccc1/C(C=N)=C/N. The van der Waals surface area contributed by atoms with Crippen molar-refractivity contribution in [1.29, 1.82) is 5.41 Å². The number of benzene rings is 2. The van der Waals surface area contributed by atoms with Crippen molar-refractivity contribution in [3.8, 4) is 5.75 Å². The maximum absolute atomic E-state index is 13.6. The van der Waals surface area contributed by atoms with Crippen molar-refractivity contribution >= 4 is 35.0 Å². The molecule has 2 saturated heterocycles. The fraction of sp³-hybridized carbons (Fsp3) is 0.300. The van der Waals surface area contributed by atoms with Gasteiger partial charge < -0.3 is 30.6 Å². The second kappa shape index (κ2) is 10.6. The van der Waals surface area contributed by atoms with E-state index in [9.17, 15) is 9.59 Å². The van der Waals surface area contributed by atoms with Crippen LogP contribution in [0.1, 0.15) is 35.2 Å². The van der Waals surface area contributed by atoms with Crippen LogP contribution in [0.15, 0.2) is 73.1 Å². The molecule has 0 radical (unpaired) electrons. The van der Waals surface area contributed by atoms with Gasteiger partial charge in [0.1, 0.15) is 5.75 Å². The number of nitrogens with two attached hydrogens (primary N) is 1. The van der Waals surface area contributed by atoms with Crippen LogP contribution < -0.4 is 20.3 Å². The molecule has 2 fully saturated rings. The Balaban J connectivity index is 1.24. The molecule has 2 amide bonds. The van der Waals surface area contributed by atoms with Gasteiger partial charge in [0, 0.05) is 78.9 Å². The van der Waals surface area contributed by atoms with Crippen LogP contribution in [0.5, 0.6) is 5.75 Å². The highest BCUT2D eigenvalue weighted by Crippen LogP contribution is 2.44. The van der Waals surface area contributed by atoms with Crippen molar-refractivity contribution in [2.24, 2.45) is 11.1 Å². The zero-order valence-corrected chi connectivity index (χ0v) is 21.6. The van der Waals surface area contributed by atoms with Crippen molar-refractivity contribution in [3.63, 3.8) is 0 Å². The molecule has 196 valence electrons. The third-order valence-corrected chi connectivity index (χ3v) is 7.92. The molecule has 3 aliphatic rings. The Morgan fingerprint density at radius 2 is 1.74 bits per heavy atom. The van der Waals surface area contributed by atoms with Crippen molar-refractivity contribution < 1.29 is 14.3 Å². The lowest BCUT2D eigenvalue weighted by Crippen LogP contribution is -2.46. The van der Waals surface area contributed by atoms with Gasteiger partial charge >= 0.3 is 0 Å². The molecule has 0 bridgehead atoms. The number of rotatable bonds is 6. The second-order valence-electron chi connectivity index (χ2n) is 9.90. The first-order valence-electron chi connectivity index (χ1n) is 12.9. The fourth-order valence-corrected chi connectivity index (χ4v) is 5.61. The predicted octanol–water partition coefficient (Wildman–Crippen LogP) is 4.19. The summed E-state index contributed by atoms with van der Waals surface area (Å²) < 4.78 is 5.54. The number of nitrogens with one attached hydrogen (secondary N) is 1. The Bertz CT molecular complexity index is 1320. The molecule has 0 saturated carbocycles. The van der Waals surface area contributed by atoms with Crippen molar-refractivity contribution in [3.05, 3.63) is 84.2 Å². The van der Waals surface area contributed by atoms with Gasteiger partial charge in [-0.25, -0.2) is 0 Å². The standard InChI is InChI=1S/C30H33N5O3/c1-38-27-19-25(9-10-26(27)23(20-31)21-32)35-18-13-30(29(35)37)11-16-34(17-12-30)28(36)22-5-7-24(8-6-22)33-14-3-2-4-15-33/h2-10,14,19-21,31H,11-13,15-18,32H2,1H3/b23-21+,31-20?. The quantitative estimate of drug-likeness (QED) is 0.566. The molecular weight excluding hydrogens is 478 g/mol. The number of allylic oxidation sites excluding steroid dienone is 3. The molecular formula is C30H33N5O3. The van der Waals surface area contributed by atoms with E-state index in [4.69, 9.17) is 15.9 Å². The summed E-state index contributed by atoms with van der Waals surface area (Å²) in [5.41, 5.74) is 8.95. The summed E-state index contributed by atoms with van der Waals surface area (Å²) in [4.78, 5) is 32.7. The maximum atomic E-state index is 13.6. The maximum Gasteiger partial charge on any atom is 0.253 e. The van der Waals surface area contributed by atoms with E-state index in [0.717, 1.165) is 24.3 Å². The van der Waals surface area contributed by atoms with Crippen molar-refractivity contribution in [1.82, 2.24) is 4.90 Å². The van der Waals surface area contributed by atoms with Crippen molar-refractivity contribution in [2.45, 2.75) is 19.3 Å². The van der Waals surface area contributed by atoms with Gasteiger partial charge in [0.2, 0.25) is 5.91 Å². The number of carbonyl (C=O) groups is 2. The first-order chi connectivity index (χ1) is 18.5. The van der Waals surface area contributed by atoms with Gasteiger partial charge in [-0.15, -0.1) is 0 Å². The number of anilines is 2. The van der Waals surface area contributed by atoms with Gasteiger partial charge in [-0.05, 0) is 61.7 Å². The lowest BCUT2D eigenvalue weighted by Gasteiger charge is -2.38. The van der Waals surface area contributed by atoms with Crippen LogP contribution in [0.2, 0.25) is 0 Å². The van der Waals surface area contributed by atoms with E-state index in [-0.39, 0.29) is 11.8 Å². The minimum Gasteiger partial charge on any atom is -0.496 e. The van der Waals surface area contributed by atoms with Gasteiger partial charge in [0.25, 0.3) is 5.91 Å². The molecule has 0 atom stereocenters. The van der Waals surface area contributed by atoms with Gasteiger partial charge in [-0.1, -0.05) is 12.2 Å². The Morgan fingerprint density at radius 3 is 2.37 bits per heavy atom. The van der Waals surface area contributed by atoms with Crippen molar-refractivity contribution in [2.75, 3.05) is 43.1 Å². The summed E-state index contributed by atoms with van der Waals surface area (Å²) in [6.45, 7) is 2.56. The Labute approximate surface area is 223 Å². The average Bonchev–Trinajstić information content (AvgIpc) is 3.29. The highest BCUT2D eigenvalue weighted by atomic mass is 16.5. The third-order valence-electron chi connectivity index (χ3n) is 7.92. The van der Waals surface area contributed by atoms with E-state index in [1.807, 2.05) is 70.6 Å². The number of carbonyl (C=O) groups excluding carboxylic acids is 2. The fourth-order valence-electron chi connectivity index (χ4n) is 5.61. The van der Waals surface area contributed by atoms with Crippen LogP contribution in [-0.2, 0) is 4.79 Å². The van der Waals surface area contributed by atoms with E-state index < -0.39 is 5.41 Å². The average molecular weight is 512 g/mol. The summed E-state index contributed by atoms with van der Waals surface area (Å²) in [5.74, 6) is 0.683. The highest BCUT2D eigenvalue weighted by molar-refractivity contribution is 6.09. The smallest absolute Gasteiger partial charge is 0.253 e. The molecule has 0 unspecified atom stereocenters. The number of likely N-dealkylation sites (tertiary alicyclic amines) is 1. The first-order valence-corrected chi connectivity index (χ1v) is 12.9. The Kier molecular flexibility index (Phi) is 7.05. The number of piperidine rings is 1. The van der Waals surface area contributed by atoms with Crippen LogP contribution in [0.25, 0.3) is 5.57 Å². The molecule has 0 aliphatic carbocycles. The van der Waals surface area contributed by atoms with Crippen LogP contribution in [0.3, 0.4) is 0 Å². The van der Waals surface area contributed by atoms with Gasteiger partial charge in [-0.2, -0.15) is 0 Å². The van der Waals surface area contributed by atoms with E-state index in [2.05, 4.69) is 11.0 Å². The molecule has 0 aromatic heterocycles. The molecule has 8 heteroatoms. The molecule has 3 aliphatic heterocycles. The molecule has 2 aromatic rings. The van der Waals surface area contributed by atoms with Crippen LogP contribution >= 0.6 is 0 Å². The summed E-state index contributed by atoms with van der Waals surface area (Å²) in [5, 5.41) is 7.58. The number of hydrogen-bond acceptors (Lipinski definition) is 6. The summed E-state index contributed by atoms with van der Waals surface area (Å²) in [6, 6.07) is 13.3. The number of ether oxygens (including phenoxy) is 1. The minimum atomic E-state index is -0.446. The van der Waals surface area contributed by atoms with Crippen LogP contribution in [0, 0.1) is 10.8 Å². The summed E-state index contributed by atoms with van der Waals surface area (Å²) in [6.07, 6.45) is 12.8. The Hall–Kier alpha value is -4.33. The predicted molar refractivity (Wildman–Crippen MR) is 151 cm³/mol. The van der Waals surface area contributed by atoms with E-state index in [1.54, 1.807) is 7.11 Å². The van der Waals surface area contributed by atoms with E-state index in [1.165, 1.54) is 12.4 Å². The van der Waals surface area contributed by atoms with Crippen LogP contribution in [-0.4, -0.2) is 56.2 Å². The summed E-state index contributed by atoms with van der Waals surface area (Å²) in [7, 11) is 1.57. The van der Waals surface area contributed by atoms with Crippen LogP contribution in [0.4, 0.5) is 11.4 Å². The van der Waals surface area contributed by atoms with E-state index in [0.29, 0.717) is 54.9 Å². The first kappa shape index (κ1) is 25.3. The lowest BCUT2D eigenvalue weighted by molar-refractivity contribution is -0.127. The van der Waals surface area contributed by atoms with E-state index >= 15 is 0 Å². The summed E-state index contributed by atoms with van der Waals surface area (Å²) >= 11 is 0. The third kappa shape index (κ3) is 4.58. The monoisotopic (exact) mass is 511 g/mol. The number of hydrogen-bond donors (Lipinski definition) is 2. The minimum absolute atomic E-state index is 0.0121. The molecule has 8 nitrogen and oxygen atoms in total. The van der Waals surface area contributed by atoms with Gasteiger partial charge in [0.05, 0.1) is 12.5 Å². The number of nitrogens with zero attached hydrogens (tertiary/aromatic N) is 3. The largest absolute Gasteiger partial charge is 0.496 e. The molecule has 2 aromatic carbocycles. The normalized spacial score (nSPS) is 18.8. The van der Waals surface area contributed by atoms with Gasteiger partial charge in [-0.3, -0.25) is 9.59 Å². The molecule has 1 spiro atoms. The zero-order valence-electron chi connectivity index (χ0n) is 21.6. The molecule has 3 heterocycles. The lowest BCUT2D eigenvalue weighted by atomic mass is 9.77. The molecule has 5 rings (SSSR count). The second-order valence-corrected chi connectivity index (χ2v) is 9.90. The highest BCUT2D eigenvalue weighted by Gasteiger charge is 2.49. The topological polar surface area (TPSA) is 103 Å². The Morgan fingerprint density at radius 1 is 1.03 bits per heavy atom. The number of amides is 2. The zero-order chi connectivity index (χ0) is 26.7. The molecule has 38 heavy (non-hydrogen) atoms. The molecule has 3 N–H and O–H groups in total.